The summed E-state index contributed by atoms with van der Waals surface area (Å²) in [5.41, 5.74) is 0. The third-order valence-electron chi connectivity index (χ3n) is 7.50. The van der Waals surface area contributed by atoms with Crippen LogP contribution in [-0.4, -0.2) is 18.1 Å². The Bertz CT molecular complexity index is 435. The zero-order valence-corrected chi connectivity index (χ0v) is 14.2. The number of urea groups is 1. The summed E-state index contributed by atoms with van der Waals surface area (Å²) in [6.07, 6.45) is 10.5. The van der Waals surface area contributed by atoms with Crippen LogP contribution in [-0.2, 0) is 0 Å². The lowest BCUT2D eigenvalue weighted by Gasteiger charge is -2.40. The molecule has 2 amide bonds. The maximum Gasteiger partial charge on any atom is 0.315 e. The molecule has 3 bridgehead atoms. The fraction of sp³-hybridized carbons (Fsp3) is 0.947. The predicted octanol–water partition coefficient (Wildman–Crippen LogP) is 3.94. The van der Waals surface area contributed by atoms with Gasteiger partial charge in [-0.3, -0.25) is 0 Å². The first-order chi connectivity index (χ1) is 10.6. The molecule has 22 heavy (non-hydrogen) atoms. The first-order valence-corrected chi connectivity index (χ1v) is 9.65. The second-order valence-electron chi connectivity index (χ2n) is 9.02. The van der Waals surface area contributed by atoms with Crippen LogP contribution in [0.2, 0.25) is 0 Å². The van der Waals surface area contributed by atoms with Crippen LogP contribution in [0.3, 0.4) is 0 Å². The summed E-state index contributed by atoms with van der Waals surface area (Å²) in [4.78, 5) is 12.5. The quantitative estimate of drug-likeness (QED) is 0.797. The van der Waals surface area contributed by atoms with Gasteiger partial charge in [-0.15, -0.1) is 0 Å². The molecule has 8 unspecified atom stereocenters. The highest BCUT2D eigenvalue weighted by Gasteiger charge is 2.49. The number of fused-ring (bicyclic) bond motifs is 2. The molecule has 3 heteroatoms. The van der Waals surface area contributed by atoms with Crippen molar-refractivity contribution in [1.29, 1.82) is 0 Å². The number of hydrogen-bond acceptors (Lipinski definition) is 1. The lowest BCUT2D eigenvalue weighted by molar-refractivity contribution is 0.137. The Hall–Kier alpha value is -0.730. The molecule has 0 heterocycles. The summed E-state index contributed by atoms with van der Waals surface area (Å²) in [6.45, 7) is 4.67. The van der Waals surface area contributed by atoms with Crippen molar-refractivity contribution < 1.29 is 4.79 Å². The summed E-state index contributed by atoms with van der Waals surface area (Å²) in [5, 5.41) is 6.65. The summed E-state index contributed by atoms with van der Waals surface area (Å²) in [7, 11) is 0. The summed E-state index contributed by atoms with van der Waals surface area (Å²) in [6, 6.07) is 0.959. The van der Waals surface area contributed by atoms with E-state index in [4.69, 9.17) is 0 Å². The third kappa shape index (κ3) is 2.76. The van der Waals surface area contributed by atoms with E-state index in [0.717, 1.165) is 48.3 Å². The molecule has 4 aliphatic rings. The minimum Gasteiger partial charge on any atom is -0.335 e. The van der Waals surface area contributed by atoms with Crippen LogP contribution in [0, 0.1) is 35.5 Å². The topological polar surface area (TPSA) is 41.1 Å². The Balaban J connectivity index is 1.31. The lowest BCUT2D eigenvalue weighted by atomic mass is 9.70. The van der Waals surface area contributed by atoms with E-state index in [9.17, 15) is 4.79 Å². The van der Waals surface area contributed by atoms with E-state index in [1.54, 1.807) is 0 Å². The number of carbonyl (C=O) groups is 1. The fourth-order valence-corrected chi connectivity index (χ4v) is 6.19. The molecule has 0 aliphatic heterocycles. The van der Waals surface area contributed by atoms with Crippen LogP contribution in [0.5, 0.6) is 0 Å². The van der Waals surface area contributed by atoms with Gasteiger partial charge in [0.1, 0.15) is 0 Å². The van der Waals surface area contributed by atoms with E-state index in [0.29, 0.717) is 12.1 Å². The molecule has 8 atom stereocenters. The number of rotatable bonds is 2. The monoisotopic (exact) mass is 304 g/mol. The molecule has 124 valence electrons. The molecule has 0 spiro atoms. The minimum atomic E-state index is 0.113. The summed E-state index contributed by atoms with van der Waals surface area (Å²) >= 11 is 0. The molecule has 2 N–H and O–H groups in total. The van der Waals surface area contributed by atoms with Gasteiger partial charge in [-0.1, -0.05) is 13.8 Å². The normalized spacial score (nSPS) is 49.9. The molecule has 0 radical (unpaired) electrons. The molecule has 4 aliphatic carbocycles. The number of nitrogens with one attached hydrogen (secondary N) is 2. The van der Waals surface area contributed by atoms with Crippen LogP contribution in [0.15, 0.2) is 0 Å². The van der Waals surface area contributed by atoms with Gasteiger partial charge in [0, 0.05) is 12.1 Å². The number of amides is 2. The molecular formula is C19H32N2O. The Morgan fingerprint density at radius 2 is 1.59 bits per heavy atom. The van der Waals surface area contributed by atoms with Crippen molar-refractivity contribution in [2.75, 3.05) is 0 Å². The lowest BCUT2D eigenvalue weighted by Crippen LogP contribution is -2.52. The summed E-state index contributed by atoms with van der Waals surface area (Å²) < 4.78 is 0. The van der Waals surface area contributed by atoms with Gasteiger partial charge in [0.25, 0.3) is 0 Å². The maximum atomic E-state index is 12.5. The smallest absolute Gasteiger partial charge is 0.315 e. The Morgan fingerprint density at radius 3 is 2.36 bits per heavy atom. The molecule has 0 aromatic carbocycles. The average Bonchev–Trinajstić information content (AvgIpc) is 2.69. The zero-order chi connectivity index (χ0) is 15.3. The standard InChI is InChI=1S/C19H32N2O/c1-11-3-4-16(5-12(11)2)20-19(22)21-18-10-14-6-13-7-15(8-14)17(18)9-13/h11-18H,3-10H2,1-2H3,(H2,20,21,22). The highest BCUT2D eigenvalue weighted by Crippen LogP contribution is 2.55. The third-order valence-corrected chi connectivity index (χ3v) is 7.50. The fourth-order valence-electron chi connectivity index (χ4n) is 6.19. The van der Waals surface area contributed by atoms with Crippen molar-refractivity contribution in [2.45, 2.75) is 77.3 Å². The highest BCUT2D eigenvalue weighted by molar-refractivity contribution is 5.74. The zero-order valence-electron chi connectivity index (χ0n) is 14.2. The van der Waals surface area contributed by atoms with Crippen molar-refractivity contribution in [3.05, 3.63) is 0 Å². The van der Waals surface area contributed by atoms with Crippen LogP contribution >= 0.6 is 0 Å². The van der Waals surface area contributed by atoms with Gasteiger partial charge in [-0.05, 0) is 86.9 Å². The van der Waals surface area contributed by atoms with E-state index in [1.165, 1.54) is 38.5 Å². The minimum absolute atomic E-state index is 0.113. The van der Waals surface area contributed by atoms with Crippen LogP contribution < -0.4 is 10.6 Å². The Morgan fingerprint density at radius 1 is 0.818 bits per heavy atom. The first-order valence-electron chi connectivity index (χ1n) is 9.65. The highest BCUT2D eigenvalue weighted by atomic mass is 16.2. The molecule has 4 fully saturated rings. The van der Waals surface area contributed by atoms with Gasteiger partial charge in [0.15, 0.2) is 0 Å². The second kappa shape index (κ2) is 5.72. The van der Waals surface area contributed by atoms with Crippen molar-refractivity contribution in [1.82, 2.24) is 10.6 Å². The SMILES string of the molecule is CC1CCC(NC(=O)NC2CC3CC4CC(C3)C2C4)CC1C. The molecule has 0 aromatic heterocycles. The van der Waals surface area contributed by atoms with Gasteiger partial charge >= 0.3 is 6.03 Å². The van der Waals surface area contributed by atoms with E-state index >= 15 is 0 Å². The molecule has 3 nitrogen and oxygen atoms in total. The average molecular weight is 304 g/mol. The number of hydrogen-bond donors (Lipinski definition) is 2. The van der Waals surface area contributed by atoms with Gasteiger partial charge in [0.2, 0.25) is 0 Å². The van der Waals surface area contributed by atoms with Gasteiger partial charge in [0.05, 0.1) is 0 Å². The molecule has 4 rings (SSSR count). The van der Waals surface area contributed by atoms with Crippen LogP contribution in [0.4, 0.5) is 4.79 Å². The maximum absolute atomic E-state index is 12.5. The van der Waals surface area contributed by atoms with Crippen LogP contribution in [0.25, 0.3) is 0 Å². The molecule has 0 saturated heterocycles. The van der Waals surface area contributed by atoms with Gasteiger partial charge in [-0.25, -0.2) is 4.79 Å². The summed E-state index contributed by atoms with van der Waals surface area (Å²) in [5.74, 6) is 5.11. The van der Waals surface area contributed by atoms with E-state index in [1.807, 2.05) is 0 Å². The van der Waals surface area contributed by atoms with E-state index < -0.39 is 0 Å². The first kappa shape index (κ1) is 14.8. The Kier molecular flexibility index (Phi) is 3.86. The van der Waals surface area contributed by atoms with Crippen molar-refractivity contribution >= 4 is 6.03 Å². The molecular weight excluding hydrogens is 272 g/mol. The largest absolute Gasteiger partial charge is 0.335 e. The molecule has 4 saturated carbocycles. The van der Waals surface area contributed by atoms with E-state index in [2.05, 4.69) is 24.5 Å². The van der Waals surface area contributed by atoms with Gasteiger partial charge in [-0.2, -0.15) is 0 Å². The molecule has 0 aromatic rings. The van der Waals surface area contributed by atoms with Crippen molar-refractivity contribution in [2.24, 2.45) is 35.5 Å². The predicted molar refractivity (Wildman–Crippen MR) is 88.5 cm³/mol. The Labute approximate surface area is 135 Å². The number of carbonyl (C=O) groups excluding carboxylic acids is 1. The van der Waals surface area contributed by atoms with Gasteiger partial charge < -0.3 is 10.6 Å². The van der Waals surface area contributed by atoms with Crippen molar-refractivity contribution in [3.8, 4) is 0 Å². The van der Waals surface area contributed by atoms with Crippen LogP contribution in [0.1, 0.15) is 65.2 Å². The van der Waals surface area contributed by atoms with E-state index in [-0.39, 0.29) is 6.03 Å². The van der Waals surface area contributed by atoms with Crippen molar-refractivity contribution in [3.63, 3.8) is 0 Å². The second-order valence-corrected chi connectivity index (χ2v) is 9.02.